The molecule has 160 valence electrons. The second-order valence-electron chi connectivity index (χ2n) is 8.51. The first-order valence-electron chi connectivity index (χ1n) is 10.4. The van der Waals surface area contributed by atoms with Crippen LogP contribution in [0.25, 0.3) is 17.0 Å². The smallest absolute Gasteiger partial charge is 0.306 e. The molecule has 0 aromatic carbocycles. The second kappa shape index (κ2) is 9.80. The molecule has 2 heterocycles. The molecule has 1 aliphatic rings. The Morgan fingerprint density at radius 2 is 2.07 bits per heavy atom. The van der Waals surface area contributed by atoms with E-state index in [9.17, 15) is 4.79 Å². The molecule has 0 amide bonds. The molecule has 7 heteroatoms. The molecule has 2 N–H and O–H groups in total. The van der Waals surface area contributed by atoms with Crippen molar-refractivity contribution in [2.75, 3.05) is 0 Å². The molecule has 0 aliphatic heterocycles. The number of hydrogen-bond acceptors (Lipinski definition) is 6. The van der Waals surface area contributed by atoms with E-state index in [-0.39, 0.29) is 12.0 Å². The first-order chi connectivity index (χ1) is 14.3. The quantitative estimate of drug-likeness (QED) is 0.588. The number of hydrogen-bond donors (Lipinski definition) is 2. The Hall–Kier alpha value is -2.80. The fourth-order valence-electron chi connectivity index (χ4n) is 3.45. The molecule has 2 aromatic rings. The number of nitrogens with zero attached hydrogens (tertiary/aromatic N) is 3. The van der Waals surface area contributed by atoms with Gasteiger partial charge in [-0.2, -0.15) is 4.98 Å². The molecule has 0 radical (unpaired) electrons. The SMILES string of the molecule is C/C(=C\C=C(/C)c1nc(-c2ccc(CNC3CC(C(=O)O)C3)nc2)no1)CC(C)C. The van der Waals surface area contributed by atoms with Crippen molar-refractivity contribution in [3.05, 3.63) is 47.6 Å². The summed E-state index contributed by atoms with van der Waals surface area (Å²) in [6.45, 7) is 9.10. The van der Waals surface area contributed by atoms with Gasteiger partial charge in [0.15, 0.2) is 0 Å². The first-order valence-corrected chi connectivity index (χ1v) is 10.4. The molecule has 0 spiro atoms. The van der Waals surface area contributed by atoms with E-state index < -0.39 is 5.97 Å². The highest BCUT2D eigenvalue weighted by Gasteiger charge is 2.33. The van der Waals surface area contributed by atoms with E-state index in [4.69, 9.17) is 9.63 Å². The van der Waals surface area contributed by atoms with Crippen molar-refractivity contribution < 1.29 is 14.4 Å². The Morgan fingerprint density at radius 3 is 2.70 bits per heavy atom. The average Bonchev–Trinajstić information content (AvgIpc) is 3.15. The third kappa shape index (κ3) is 5.86. The molecular weight excluding hydrogens is 380 g/mol. The highest BCUT2D eigenvalue weighted by molar-refractivity contribution is 5.71. The Balaban J connectivity index is 1.56. The fourth-order valence-corrected chi connectivity index (χ4v) is 3.45. The van der Waals surface area contributed by atoms with Gasteiger partial charge in [0, 0.05) is 29.9 Å². The van der Waals surface area contributed by atoms with Crippen molar-refractivity contribution in [1.29, 1.82) is 0 Å². The minimum atomic E-state index is -0.707. The summed E-state index contributed by atoms with van der Waals surface area (Å²) in [6, 6.07) is 4.10. The van der Waals surface area contributed by atoms with Gasteiger partial charge in [-0.1, -0.05) is 36.7 Å². The van der Waals surface area contributed by atoms with Gasteiger partial charge >= 0.3 is 5.97 Å². The lowest BCUT2D eigenvalue weighted by atomic mass is 9.80. The molecule has 30 heavy (non-hydrogen) atoms. The maximum absolute atomic E-state index is 10.9. The fraction of sp³-hybridized carbons (Fsp3) is 0.478. The lowest BCUT2D eigenvalue weighted by Crippen LogP contribution is -2.43. The lowest BCUT2D eigenvalue weighted by molar-refractivity contribution is -0.145. The van der Waals surface area contributed by atoms with E-state index in [0.717, 1.165) is 23.3 Å². The summed E-state index contributed by atoms with van der Waals surface area (Å²) in [5.41, 5.74) is 3.93. The first kappa shape index (κ1) is 21.9. The van der Waals surface area contributed by atoms with E-state index in [1.54, 1.807) is 6.20 Å². The van der Waals surface area contributed by atoms with Crippen molar-refractivity contribution in [2.24, 2.45) is 11.8 Å². The van der Waals surface area contributed by atoms with Crippen LogP contribution in [0.15, 0.2) is 40.6 Å². The topological polar surface area (TPSA) is 101 Å². The number of allylic oxidation sites excluding steroid dienone is 4. The van der Waals surface area contributed by atoms with Crippen LogP contribution in [0.2, 0.25) is 0 Å². The predicted molar refractivity (Wildman–Crippen MR) is 115 cm³/mol. The Morgan fingerprint density at radius 1 is 1.30 bits per heavy atom. The molecule has 0 saturated heterocycles. The van der Waals surface area contributed by atoms with Gasteiger partial charge in [-0.15, -0.1) is 0 Å². The Bertz CT molecular complexity index is 922. The van der Waals surface area contributed by atoms with Crippen LogP contribution in [0.1, 0.15) is 58.5 Å². The second-order valence-corrected chi connectivity index (χ2v) is 8.51. The van der Waals surface area contributed by atoms with Crippen LogP contribution >= 0.6 is 0 Å². The molecule has 1 fully saturated rings. The van der Waals surface area contributed by atoms with Crippen molar-refractivity contribution in [1.82, 2.24) is 20.4 Å². The normalized spacial score (nSPS) is 19.8. The van der Waals surface area contributed by atoms with Crippen LogP contribution in [-0.4, -0.2) is 32.2 Å². The number of carbonyl (C=O) groups is 1. The van der Waals surface area contributed by atoms with Crippen LogP contribution in [-0.2, 0) is 11.3 Å². The number of pyridine rings is 1. The molecule has 0 atom stereocenters. The van der Waals surface area contributed by atoms with Crippen LogP contribution in [0, 0.1) is 11.8 Å². The third-order valence-electron chi connectivity index (χ3n) is 5.25. The van der Waals surface area contributed by atoms with Crippen LogP contribution in [0.5, 0.6) is 0 Å². The number of aromatic nitrogens is 3. The van der Waals surface area contributed by atoms with Crippen molar-refractivity contribution in [3.8, 4) is 11.4 Å². The summed E-state index contributed by atoms with van der Waals surface area (Å²) in [6.07, 6.45) is 8.27. The van der Waals surface area contributed by atoms with E-state index >= 15 is 0 Å². The van der Waals surface area contributed by atoms with Gasteiger partial charge in [0.2, 0.25) is 5.82 Å². The summed E-state index contributed by atoms with van der Waals surface area (Å²) in [7, 11) is 0. The zero-order chi connectivity index (χ0) is 21.7. The zero-order valence-corrected chi connectivity index (χ0v) is 18.1. The standard InChI is InChI=1S/C23H30N4O3/c1-14(2)9-15(3)5-6-16(4)22-26-21(27-30-22)17-7-8-19(24-12-17)13-25-20-10-18(11-20)23(28)29/h5-8,12,14,18,20,25H,9-11,13H2,1-4H3,(H,28,29)/b15-5+,16-6+. The number of carboxylic acids is 1. The number of carboxylic acid groups (broad SMARTS) is 1. The number of aliphatic carboxylic acids is 1. The minimum absolute atomic E-state index is 0.211. The summed E-state index contributed by atoms with van der Waals surface area (Å²) >= 11 is 0. The minimum Gasteiger partial charge on any atom is -0.481 e. The molecular formula is C23H30N4O3. The summed E-state index contributed by atoms with van der Waals surface area (Å²) in [4.78, 5) is 19.8. The highest BCUT2D eigenvalue weighted by atomic mass is 16.5. The van der Waals surface area contributed by atoms with Crippen LogP contribution < -0.4 is 5.32 Å². The van der Waals surface area contributed by atoms with Gasteiger partial charge in [-0.25, -0.2) is 0 Å². The molecule has 1 aliphatic carbocycles. The largest absolute Gasteiger partial charge is 0.481 e. The van der Waals surface area contributed by atoms with E-state index in [0.29, 0.717) is 37.0 Å². The molecule has 7 nitrogen and oxygen atoms in total. The van der Waals surface area contributed by atoms with Gasteiger partial charge in [0.25, 0.3) is 5.89 Å². The van der Waals surface area contributed by atoms with Gasteiger partial charge in [-0.05, 0) is 51.2 Å². The maximum atomic E-state index is 10.9. The van der Waals surface area contributed by atoms with E-state index in [1.165, 1.54) is 5.57 Å². The molecule has 2 aromatic heterocycles. The van der Waals surface area contributed by atoms with Crippen molar-refractivity contribution in [2.45, 2.75) is 59.5 Å². The summed E-state index contributed by atoms with van der Waals surface area (Å²) < 4.78 is 5.41. The third-order valence-corrected chi connectivity index (χ3v) is 5.25. The van der Waals surface area contributed by atoms with E-state index in [2.05, 4.69) is 47.3 Å². The number of nitrogens with one attached hydrogen (secondary N) is 1. The molecule has 0 bridgehead atoms. The van der Waals surface area contributed by atoms with Gasteiger partial charge < -0.3 is 14.9 Å². The van der Waals surface area contributed by atoms with Crippen LogP contribution in [0.3, 0.4) is 0 Å². The van der Waals surface area contributed by atoms with Gasteiger partial charge in [0.05, 0.1) is 11.6 Å². The summed E-state index contributed by atoms with van der Waals surface area (Å²) in [5.74, 6) is 0.725. The Kier molecular flexibility index (Phi) is 7.15. The maximum Gasteiger partial charge on any atom is 0.306 e. The zero-order valence-electron chi connectivity index (χ0n) is 18.1. The molecule has 0 unspecified atom stereocenters. The van der Waals surface area contributed by atoms with Crippen molar-refractivity contribution >= 4 is 11.5 Å². The van der Waals surface area contributed by atoms with E-state index in [1.807, 2.05) is 25.1 Å². The highest BCUT2D eigenvalue weighted by Crippen LogP contribution is 2.27. The summed E-state index contributed by atoms with van der Waals surface area (Å²) in [5, 5.41) is 16.4. The average molecular weight is 411 g/mol. The Labute approximate surface area is 177 Å². The molecule has 1 saturated carbocycles. The molecule has 3 rings (SSSR count). The lowest BCUT2D eigenvalue weighted by Gasteiger charge is -2.32. The predicted octanol–water partition coefficient (Wildman–Crippen LogP) is 4.48. The van der Waals surface area contributed by atoms with Gasteiger partial charge in [0.1, 0.15) is 0 Å². The van der Waals surface area contributed by atoms with Crippen LogP contribution in [0.4, 0.5) is 0 Å². The van der Waals surface area contributed by atoms with Gasteiger partial charge in [-0.3, -0.25) is 9.78 Å². The number of rotatable bonds is 9. The monoisotopic (exact) mass is 410 g/mol. The van der Waals surface area contributed by atoms with Crippen molar-refractivity contribution in [3.63, 3.8) is 0 Å².